The van der Waals surface area contributed by atoms with Gasteiger partial charge in [-0.15, -0.1) is 11.3 Å². The van der Waals surface area contributed by atoms with Crippen molar-refractivity contribution >= 4 is 29.0 Å². The molecule has 1 aromatic carbocycles. The zero-order valence-electron chi connectivity index (χ0n) is 16.0. The molecule has 144 valence electrons. The van der Waals surface area contributed by atoms with Crippen LogP contribution in [0.2, 0.25) is 0 Å². The van der Waals surface area contributed by atoms with Gasteiger partial charge in [-0.1, -0.05) is 39.0 Å². The number of para-hydroxylation sites is 1. The second kappa shape index (κ2) is 8.08. The fraction of sp³-hybridized carbons (Fsp3) is 0.450. The fourth-order valence-electron chi connectivity index (χ4n) is 2.98. The van der Waals surface area contributed by atoms with Gasteiger partial charge in [0.05, 0.1) is 11.2 Å². The van der Waals surface area contributed by atoms with E-state index in [1.807, 2.05) is 35.2 Å². The molecular weight excluding hydrogens is 360 g/mol. The average Bonchev–Trinajstić information content (AvgIpc) is 3.13. The summed E-state index contributed by atoms with van der Waals surface area (Å²) >= 11 is 1.47. The number of hydrogen-bond acceptors (Lipinski definition) is 4. The van der Waals surface area contributed by atoms with Crippen LogP contribution >= 0.6 is 11.3 Å². The van der Waals surface area contributed by atoms with E-state index < -0.39 is 0 Å². The minimum absolute atomic E-state index is 0.0372. The van der Waals surface area contributed by atoms with E-state index in [1.54, 1.807) is 6.20 Å². The third-order valence-electron chi connectivity index (χ3n) is 4.51. The predicted molar refractivity (Wildman–Crippen MR) is 108 cm³/mol. The number of amides is 3. The first kappa shape index (κ1) is 19.4. The smallest absolute Gasteiger partial charge is 0.319 e. The number of urea groups is 1. The molecule has 0 bridgehead atoms. The number of rotatable bonds is 3. The van der Waals surface area contributed by atoms with Gasteiger partial charge < -0.3 is 15.5 Å². The van der Waals surface area contributed by atoms with Crippen molar-refractivity contribution in [2.75, 3.05) is 18.4 Å². The van der Waals surface area contributed by atoms with Crippen molar-refractivity contribution in [2.24, 2.45) is 0 Å². The molecule has 0 aliphatic carbocycles. The highest BCUT2D eigenvalue weighted by molar-refractivity contribution is 7.13. The number of aromatic nitrogens is 1. The number of benzene rings is 1. The van der Waals surface area contributed by atoms with Gasteiger partial charge in [0.2, 0.25) is 0 Å². The first-order chi connectivity index (χ1) is 12.8. The van der Waals surface area contributed by atoms with Crippen molar-refractivity contribution in [1.29, 1.82) is 0 Å². The summed E-state index contributed by atoms with van der Waals surface area (Å²) < 4.78 is 0. The van der Waals surface area contributed by atoms with Gasteiger partial charge in [0.25, 0.3) is 5.91 Å². The Balaban J connectivity index is 1.49. The van der Waals surface area contributed by atoms with Crippen LogP contribution in [0.3, 0.4) is 0 Å². The van der Waals surface area contributed by atoms with Crippen molar-refractivity contribution in [3.05, 3.63) is 46.4 Å². The molecule has 0 unspecified atom stereocenters. The molecule has 2 heterocycles. The van der Waals surface area contributed by atoms with Crippen molar-refractivity contribution < 1.29 is 9.59 Å². The first-order valence-electron chi connectivity index (χ1n) is 9.21. The van der Waals surface area contributed by atoms with Crippen LogP contribution < -0.4 is 10.6 Å². The zero-order valence-corrected chi connectivity index (χ0v) is 16.8. The van der Waals surface area contributed by atoms with Crippen LogP contribution in [0.1, 0.15) is 48.3 Å². The van der Waals surface area contributed by atoms with Crippen LogP contribution in [-0.2, 0) is 5.41 Å². The van der Waals surface area contributed by atoms with Gasteiger partial charge in [0.15, 0.2) is 0 Å². The summed E-state index contributed by atoms with van der Waals surface area (Å²) in [6.07, 6.45) is 3.18. The van der Waals surface area contributed by atoms with Gasteiger partial charge in [0, 0.05) is 30.2 Å². The summed E-state index contributed by atoms with van der Waals surface area (Å²) in [5, 5.41) is 6.79. The van der Waals surface area contributed by atoms with E-state index in [-0.39, 0.29) is 23.4 Å². The van der Waals surface area contributed by atoms with Gasteiger partial charge in [-0.05, 0) is 25.0 Å². The maximum absolute atomic E-state index is 12.7. The molecule has 1 aliphatic rings. The fourth-order valence-corrected chi connectivity index (χ4v) is 3.92. The molecule has 0 radical (unpaired) electrons. The quantitative estimate of drug-likeness (QED) is 0.841. The molecule has 6 nitrogen and oxygen atoms in total. The SMILES string of the molecule is CC(C)(C)c1ncc(C(=O)N2CCC(NC(=O)Nc3ccccc3)CC2)s1. The summed E-state index contributed by atoms with van der Waals surface area (Å²) in [4.78, 5) is 31.8. The minimum atomic E-state index is -0.205. The number of nitrogens with zero attached hydrogens (tertiary/aromatic N) is 2. The second-order valence-corrected chi connectivity index (χ2v) is 8.84. The first-order valence-corrected chi connectivity index (χ1v) is 10.0. The standard InChI is InChI=1S/C20H26N4O2S/c1-20(2,3)18-21-13-16(27-18)17(25)24-11-9-15(10-12-24)23-19(26)22-14-7-5-4-6-8-14/h4-8,13,15H,9-12H2,1-3H3,(H2,22,23,26). The van der Waals surface area contributed by atoms with Crippen LogP contribution in [0.5, 0.6) is 0 Å². The number of thiazole rings is 1. The number of anilines is 1. The monoisotopic (exact) mass is 386 g/mol. The number of nitrogens with one attached hydrogen (secondary N) is 2. The van der Waals surface area contributed by atoms with E-state index >= 15 is 0 Å². The van der Waals surface area contributed by atoms with E-state index in [0.29, 0.717) is 18.0 Å². The Morgan fingerprint density at radius 1 is 1.15 bits per heavy atom. The Hall–Kier alpha value is -2.41. The lowest BCUT2D eigenvalue weighted by Gasteiger charge is -2.32. The lowest BCUT2D eigenvalue weighted by Crippen LogP contribution is -2.47. The van der Waals surface area contributed by atoms with Crippen molar-refractivity contribution in [3.63, 3.8) is 0 Å². The number of carbonyl (C=O) groups excluding carboxylic acids is 2. The highest BCUT2D eigenvalue weighted by Gasteiger charge is 2.27. The molecule has 1 fully saturated rings. The highest BCUT2D eigenvalue weighted by atomic mass is 32.1. The lowest BCUT2D eigenvalue weighted by molar-refractivity contribution is 0.0713. The predicted octanol–water partition coefficient (Wildman–Crippen LogP) is 3.87. The zero-order chi connectivity index (χ0) is 19.4. The third kappa shape index (κ3) is 5.07. The van der Waals surface area contributed by atoms with E-state index in [1.165, 1.54) is 11.3 Å². The number of hydrogen-bond donors (Lipinski definition) is 2. The summed E-state index contributed by atoms with van der Waals surface area (Å²) in [6.45, 7) is 7.56. The van der Waals surface area contributed by atoms with Crippen molar-refractivity contribution in [3.8, 4) is 0 Å². The van der Waals surface area contributed by atoms with Crippen LogP contribution in [-0.4, -0.2) is 41.0 Å². The van der Waals surface area contributed by atoms with Crippen LogP contribution in [0.25, 0.3) is 0 Å². The molecule has 0 atom stereocenters. The molecule has 2 aromatic rings. The molecule has 7 heteroatoms. The number of carbonyl (C=O) groups is 2. The second-order valence-electron chi connectivity index (χ2n) is 7.81. The van der Waals surface area contributed by atoms with Crippen molar-refractivity contribution in [1.82, 2.24) is 15.2 Å². The van der Waals surface area contributed by atoms with Gasteiger partial charge in [0.1, 0.15) is 4.88 Å². The number of piperidine rings is 1. The summed E-state index contributed by atoms with van der Waals surface area (Å²) in [5.41, 5.74) is 0.717. The molecule has 1 saturated heterocycles. The summed E-state index contributed by atoms with van der Waals surface area (Å²) in [5.74, 6) is 0.0372. The maximum Gasteiger partial charge on any atom is 0.319 e. The molecule has 3 amide bonds. The van der Waals surface area contributed by atoms with Crippen LogP contribution in [0, 0.1) is 0 Å². The van der Waals surface area contributed by atoms with Gasteiger partial charge in [-0.3, -0.25) is 4.79 Å². The largest absolute Gasteiger partial charge is 0.338 e. The van der Waals surface area contributed by atoms with Gasteiger partial charge in [-0.25, -0.2) is 9.78 Å². The molecule has 1 aromatic heterocycles. The Morgan fingerprint density at radius 2 is 1.81 bits per heavy atom. The van der Waals surface area contributed by atoms with E-state index in [4.69, 9.17) is 0 Å². The summed E-state index contributed by atoms with van der Waals surface area (Å²) in [6, 6.07) is 9.23. The Kier molecular flexibility index (Phi) is 5.79. The average molecular weight is 387 g/mol. The van der Waals surface area contributed by atoms with Gasteiger partial charge >= 0.3 is 6.03 Å². The minimum Gasteiger partial charge on any atom is -0.338 e. The molecule has 0 spiro atoms. The normalized spacial score (nSPS) is 15.4. The Bertz CT molecular complexity index is 790. The maximum atomic E-state index is 12.7. The number of likely N-dealkylation sites (tertiary alicyclic amines) is 1. The Labute approximate surface area is 164 Å². The molecule has 27 heavy (non-hydrogen) atoms. The van der Waals surface area contributed by atoms with E-state index in [0.717, 1.165) is 23.5 Å². The van der Waals surface area contributed by atoms with Gasteiger partial charge in [-0.2, -0.15) is 0 Å². The third-order valence-corrected chi connectivity index (χ3v) is 5.92. The highest BCUT2D eigenvalue weighted by Crippen LogP contribution is 2.28. The molecule has 3 rings (SSSR count). The molecule has 2 N–H and O–H groups in total. The van der Waals surface area contributed by atoms with E-state index in [2.05, 4.69) is 36.4 Å². The van der Waals surface area contributed by atoms with Crippen LogP contribution in [0.4, 0.5) is 10.5 Å². The molecular formula is C20H26N4O2S. The van der Waals surface area contributed by atoms with Crippen LogP contribution in [0.15, 0.2) is 36.5 Å². The summed E-state index contributed by atoms with van der Waals surface area (Å²) in [7, 11) is 0. The topological polar surface area (TPSA) is 74.3 Å². The lowest BCUT2D eigenvalue weighted by atomic mass is 9.98. The molecule has 0 saturated carbocycles. The Morgan fingerprint density at radius 3 is 2.41 bits per heavy atom. The van der Waals surface area contributed by atoms with E-state index in [9.17, 15) is 9.59 Å². The van der Waals surface area contributed by atoms with Crippen molar-refractivity contribution in [2.45, 2.75) is 45.1 Å². The molecule has 1 aliphatic heterocycles.